The maximum atomic E-state index is 12.4. The number of Topliss-reactive ketones (excluding diaryl/α,β-unsaturated/α-hetero) is 1. The highest BCUT2D eigenvalue weighted by molar-refractivity contribution is 6.34. The van der Waals surface area contributed by atoms with Gasteiger partial charge in [0.15, 0.2) is 6.10 Å². The van der Waals surface area contributed by atoms with E-state index in [2.05, 4.69) is 0 Å². The second-order valence-electron chi connectivity index (χ2n) is 6.31. The molecule has 2 aromatic rings. The van der Waals surface area contributed by atoms with Crippen LogP contribution in [0.25, 0.3) is 0 Å². The summed E-state index contributed by atoms with van der Waals surface area (Å²) >= 11 is 12.0. The van der Waals surface area contributed by atoms with E-state index < -0.39 is 18.0 Å². The van der Waals surface area contributed by atoms with E-state index in [9.17, 15) is 14.4 Å². The van der Waals surface area contributed by atoms with Crippen LogP contribution in [0.5, 0.6) is 0 Å². The lowest BCUT2D eigenvalue weighted by Crippen LogP contribution is -2.30. The fourth-order valence-corrected chi connectivity index (χ4v) is 3.31. The number of benzene rings is 2. The monoisotopic (exact) mass is 405 g/mol. The Balaban J connectivity index is 1.64. The van der Waals surface area contributed by atoms with Crippen molar-refractivity contribution in [2.24, 2.45) is 5.92 Å². The molecule has 1 heterocycles. The van der Waals surface area contributed by atoms with Crippen molar-refractivity contribution in [1.82, 2.24) is 0 Å². The second-order valence-corrected chi connectivity index (χ2v) is 7.15. The summed E-state index contributed by atoms with van der Waals surface area (Å²) in [6.07, 6.45) is -0.936. The summed E-state index contributed by atoms with van der Waals surface area (Å²) < 4.78 is 5.31. The van der Waals surface area contributed by atoms with Crippen LogP contribution in [-0.4, -0.2) is 30.3 Å². The number of amides is 1. The maximum Gasteiger partial charge on any atom is 0.312 e. The molecule has 0 aliphatic carbocycles. The van der Waals surface area contributed by atoms with E-state index in [0.29, 0.717) is 21.3 Å². The molecule has 1 aliphatic rings. The number of nitrogens with zero attached hydrogens (tertiary/aromatic N) is 1. The van der Waals surface area contributed by atoms with Crippen LogP contribution < -0.4 is 4.90 Å². The Morgan fingerprint density at radius 3 is 2.44 bits per heavy atom. The summed E-state index contributed by atoms with van der Waals surface area (Å²) in [5, 5.41) is 0.950. The highest BCUT2D eigenvalue weighted by Gasteiger charge is 2.38. The molecule has 1 amide bonds. The molecule has 0 unspecified atom stereocenters. The van der Waals surface area contributed by atoms with Crippen LogP contribution in [0.3, 0.4) is 0 Å². The molecule has 5 nitrogen and oxygen atoms in total. The standard InChI is InChI=1S/C20H17Cl2NO4/c1-12(19(25)13-6-8-15(21)9-7-13)27-20(26)14-10-18(24)23(11-14)17-5-3-2-4-16(17)22/h2-9,12,14H,10-11H2,1H3/t12-,14-/m0/s1. The van der Waals surface area contributed by atoms with Crippen molar-refractivity contribution in [2.75, 3.05) is 11.4 Å². The van der Waals surface area contributed by atoms with Crippen LogP contribution in [0.4, 0.5) is 5.69 Å². The van der Waals surface area contributed by atoms with Crippen molar-refractivity contribution < 1.29 is 19.1 Å². The lowest BCUT2D eigenvalue weighted by atomic mass is 10.1. The number of para-hydroxylation sites is 1. The van der Waals surface area contributed by atoms with Gasteiger partial charge in [-0.2, -0.15) is 0 Å². The Bertz CT molecular complexity index is 882. The predicted octanol–water partition coefficient (Wildman–Crippen LogP) is 4.16. The summed E-state index contributed by atoms with van der Waals surface area (Å²) in [7, 11) is 0. The van der Waals surface area contributed by atoms with Crippen LogP contribution >= 0.6 is 23.2 Å². The van der Waals surface area contributed by atoms with Gasteiger partial charge in [0, 0.05) is 23.6 Å². The van der Waals surface area contributed by atoms with E-state index in [4.69, 9.17) is 27.9 Å². The molecule has 7 heteroatoms. The van der Waals surface area contributed by atoms with Gasteiger partial charge in [-0.1, -0.05) is 35.3 Å². The molecule has 0 radical (unpaired) electrons. The normalized spacial score (nSPS) is 17.7. The topological polar surface area (TPSA) is 63.7 Å². The number of hydrogen-bond donors (Lipinski definition) is 0. The molecule has 0 spiro atoms. The molecule has 2 aromatic carbocycles. The summed E-state index contributed by atoms with van der Waals surface area (Å²) in [5.74, 6) is -1.75. The van der Waals surface area contributed by atoms with Gasteiger partial charge < -0.3 is 9.64 Å². The minimum absolute atomic E-state index is 0.0198. The van der Waals surface area contributed by atoms with Gasteiger partial charge in [-0.25, -0.2) is 0 Å². The molecule has 2 atom stereocenters. The molecule has 0 saturated carbocycles. The molecule has 140 valence electrons. The van der Waals surface area contributed by atoms with Gasteiger partial charge in [-0.15, -0.1) is 0 Å². The van der Waals surface area contributed by atoms with Gasteiger partial charge in [0.1, 0.15) is 0 Å². The minimum atomic E-state index is -0.955. The van der Waals surface area contributed by atoms with E-state index in [1.807, 2.05) is 0 Å². The van der Waals surface area contributed by atoms with Crippen molar-refractivity contribution in [3.05, 3.63) is 64.1 Å². The van der Waals surface area contributed by atoms with Crippen LogP contribution in [0, 0.1) is 5.92 Å². The first kappa shape index (κ1) is 19.4. The zero-order valence-electron chi connectivity index (χ0n) is 14.5. The lowest BCUT2D eigenvalue weighted by Gasteiger charge is -2.18. The van der Waals surface area contributed by atoms with E-state index in [1.165, 1.54) is 11.8 Å². The third-order valence-electron chi connectivity index (χ3n) is 4.39. The number of rotatable bonds is 5. The molecular formula is C20H17Cl2NO4. The summed E-state index contributed by atoms with van der Waals surface area (Å²) in [5.41, 5.74) is 0.963. The third-order valence-corrected chi connectivity index (χ3v) is 4.96. The maximum absolute atomic E-state index is 12.4. The number of esters is 1. The Kier molecular flexibility index (Phi) is 5.82. The smallest absolute Gasteiger partial charge is 0.312 e. The summed E-state index contributed by atoms with van der Waals surface area (Å²) in [6, 6.07) is 13.3. The number of hydrogen-bond acceptors (Lipinski definition) is 4. The zero-order valence-corrected chi connectivity index (χ0v) is 16.0. The number of halogens is 2. The molecule has 27 heavy (non-hydrogen) atoms. The fraction of sp³-hybridized carbons (Fsp3) is 0.250. The van der Waals surface area contributed by atoms with Crippen molar-refractivity contribution in [2.45, 2.75) is 19.4 Å². The average molecular weight is 406 g/mol. The van der Waals surface area contributed by atoms with E-state index in [0.717, 1.165) is 0 Å². The van der Waals surface area contributed by atoms with Crippen molar-refractivity contribution >= 4 is 46.5 Å². The SMILES string of the molecule is C[C@H](OC(=O)[C@H]1CC(=O)N(c2ccccc2Cl)C1)C(=O)c1ccc(Cl)cc1. The highest BCUT2D eigenvalue weighted by Crippen LogP contribution is 2.31. The Morgan fingerprint density at radius 2 is 1.78 bits per heavy atom. The quantitative estimate of drug-likeness (QED) is 0.553. The Labute approximate surface area is 166 Å². The van der Waals surface area contributed by atoms with Gasteiger partial charge in [-0.3, -0.25) is 14.4 Å². The molecule has 3 rings (SSSR count). The molecule has 1 fully saturated rings. The van der Waals surface area contributed by atoms with Crippen LogP contribution in [0.2, 0.25) is 10.0 Å². The summed E-state index contributed by atoms with van der Waals surface area (Å²) in [6.45, 7) is 1.68. The number of carbonyl (C=O) groups excluding carboxylic acids is 3. The zero-order chi connectivity index (χ0) is 19.6. The first-order chi connectivity index (χ1) is 12.9. The molecule has 1 saturated heterocycles. The molecule has 0 aromatic heterocycles. The minimum Gasteiger partial charge on any atom is -0.454 e. The van der Waals surface area contributed by atoms with Gasteiger partial charge in [0.25, 0.3) is 0 Å². The Hall–Kier alpha value is -2.37. The number of ketones is 1. The van der Waals surface area contributed by atoms with Crippen LogP contribution in [-0.2, 0) is 14.3 Å². The molecular weight excluding hydrogens is 389 g/mol. The van der Waals surface area contributed by atoms with Gasteiger partial charge in [0.05, 0.1) is 16.6 Å². The second kappa shape index (κ2) is 8.11. The van der Waals surface area contributed by atoms with Crippen LogP contribution in [0.15, 0.2) is 48.5 Å². The highest BCUT2D eigenvalue weighted by atomic mass is 35.5. The van der Waals surface area contributed by atoms with Gasteiger partial charge >= 0.3 is 5.97 Å². The fourth-order valence-electron chi connectivity index (χ4n) is 2.94. The summed E-state index contributed by atoms with van der Waals surface area (Å²) in [4.78, 5) is 38.6. The Morgan fingerprint density at radius 1 is 1.11 bits per heavy atom. The van der Waals surface area contributed by atoms with Crippen molar-refractivity contribution in [1.29, 1.82) is 0 Å². The first-order valence-corrected chi connectivity index (χ1v) is 9.17. The molecule has 1 aliphatic heterocycles. The molecule has 0 N–H and O–H groups in total. The van der Waals surface area contributed by atoms with Crippen LogP contribution in [0.1, 0.15) is 23.7 Å². The van der Waals surface area contributed by atoms with E-state index >= 15 is 0 Å². The van der Waals surface area contributed by atoms with Crippen molar-refractivity contribution in [3.8, 4) is 0 Å². The number of anilines is 1. The van der Waals surface area contributed by atoms with Gasteiger partial charge in [0.2, 0.25) is 11.7 Å². The van der Waals surface area contributed by atoms with E-state index in [1.54, 1.807) is 48.5 Å². The lowest BCUT2D eigenvalue weighted by molar-refractivity contribution is -0.151. The van der Waals surface area contributed by atoms with Gasteiger partial charge in [-0.05, 0) is 43.3 Å². The largest absolute Gasteiger partial charge is 0.454 e. The predicted molar refractivity (Wildman–Crippen MR) is 103 cm³/mol. The third kappa shape index (κ3) is 4.31. The number of carbonyl (C=O) groups is 3. The van der Waals surface area contributed by atoms with Crippen molar-refractivity contribution in [3.63, 3.8) is 0 Å². The first-order valence-electron chi connectivity index (χ1n) is 8.42. The molecule has 0 bridgehead atoms. The number of ether oxygens (including phenoxy) is 1. The average Bonchev–Trinajstić information content (AvgIpc) is 3.04. The van der Waals surface area contributed by atoms with E-state index in [-0.39, 0.29) is 24.7 Å².